The van der Waals surface area contributed by atoms with E-state index in [0.717, 1.165) is 5.25 Å². The van der Waals surface area contributed by atoms with Crippen molar-refractivity contribution in [1.29, 1.82) is 0 Å². The van der Waals surface area contributed by atoms with Crippen molar-refractivity contribution in [2.24, 2.45) is 0 Å². The molecule has 2 aliphatic rings. The summed E-state index contributed by atoms with van der Waals surface area (Å²) < 4.78 is 0. The van der Waals surface area contributed by atoms with E-state index in [2.05, 4.69) is 16.7 Å². The van der Waals surface area contributed by atoms with E-state index in [1.165, 1.54) is 89.6 Å². The highest BCUT2D eigenvalue weighted by Gasteiger charge is 2.13. The molecule has 0 unspecified atom stereocenters. The zero-order chi connectivity index (χ0) is 11.8. The van der Waals surface area contributed by atoms with Gasteiger partial charge in [-0.05, 0) is 57.5 Å². The van der Waals surface area contributed by atoms with Gasteiger partial charge < -0.3 is 4.90 Å². The zero-order valence-corrected chi connectivity index (χ0v) is 12.1. The molecule has 0 atom stereocenters. The van der Waals surface area contributed by atoms with Crippen LogP contribution in [-0.2, 0) is 0 Å². The van der Waals surface area contributed by atoms with Gasteiger partial charge in [-0.1, -0.05) is 32.1 Å². The molecule has 2 fully saturated rings. The van der Waals surface area contributed by atoms with Crippen molar-refractivity contribution >= 4 is 11.8 Å². The van der Waals surface area contributed by atoms with E-state index >= 15 is 0 Å². The maximum Gasteiger partial charge on any atom is 0.00470 e. The summed E-state index contributed by atoms with van der Waals surface area (Å²) in [6, 6.07) is 0. The summed E-state index contributed by atoms with van der Waals surface area (Å²) in [5, 5.41) is 0.999. The Kier molecular flexibility index (Phi) is 6.80. The van der Waals surface area contributed by atoms with Gasteiger partial charge in [-0.15, -0.1) is 0 Å². The van der Waals surface area contributed by atoms with Crippen molar-refractivity contribution in [2.75, 3.05) is 25.4 Å². The van der Waals surface area contributed by atoms with Crippen LogP contribution in [0.15, 0.2) is 0 Å². The molecule has 0 aromatic rings. The van der Waals surface area contributed by atoms with E-state index in [9.17, 15) is 0 Å². The lowest BCUT2D eigenvalue weighted by molar-refractivity contribution is 0.230. The summed E-state index contributed by atoms with van der Waals surface area (Å²) in [5.41, 5.74) is 0. The molecule has 0 radical (unpaired) electrons. The fourth-order valence-electron chi connectivity index (χ4n) is 3.13. The van der Waals surface area contributed by atoms with Crippen molar-refractivity contribution in [1.82, 2.24) is 4.90 Å². The van der Waals surface area contributed by atoms with Gasteiger partial charge in [-0.25, -0.2) is 0 Å². The van der Waals surface area contributed by atoms with Crippen molar-refractivity contribution < 1.29 is 0 Å². The first-order valence-corrected chi connectivity index (χ1v) is 8.84. The van der Waals surface area contributed by atoms with E-state index in [1.807, 2.05) is 0 Å². The van der Waals surface area contributed by atoms with Gasteiger partial charge >= 0.3 is 0 Å². The fourth-order valence-corrected chi connectivity index (χ4v) is 4.43. The van der Waals surface area contributed by atoms with Crippen molar-refractivity contribution in [3.8, 4) is 0 Å². The second-order valence-corrected chi connectivity index (χ2v) is 7.15. The number of nitrogens with zero attached hydrogens (tertiary/aromatic N) is 1. The highest BCUT2D eigenvalue weighted by molar-refractivity contribution is 7.99. The second kappa shape index (κ2) is 8.42. The van der Waals surface area contributed by atoms with Gasteiger partial charge in [-0.3, -0.25) is 0 Å². The predicted octanol–water partition coefficient (Wildman–Crippen LogP) is 4.32. The molecule has 0 spiro atoms. The summed E-state index contributed by atoms with van der Waals surface area (Å²) in [4.78, 5) is 2.68. The third-order valence-corrected chi connectivity index (χ3v) is 5.69. The van der Waals surface area contributed by atoms with Crippen LogP contribution < -0.4 is 0 Å². The van der Waals surface area contributed by atoms with Crippen LogP contribution in [0.3, 0.4) is 0 Å². The SMILES string of the molecule is C1CCCC(SCCCN2CCCCC2)CC1. The average molecular weight is 255 g/mol. The molecule has 0 amide bonds. The monoisotopic (exact) mass is 255 g/mol. The molecule has 0 bridgehead atoms. The molecule has 1 saturated heterocycles. The Morgan fingerprint density at radius 3 is 2.18 bits per heavy atom. The Hall–Kier alpha value is 0.310. The van der Waals surface area contributed by atoms with Gasteiger partial charge in [0.05, 0.1) is 0 Å². The first kappa shape index (κ1) is 13.7. The molecule has 100 valence electrons. The van der Waals surface area contributed by atoms with Gasteiger partial charge in [0, 0.05) is 5.25 Å². The van der Waals surface area contributed by atoms with E-state index in [1.54, 1.807) is 0 Å². The zero-order valence-electron chi connectivity index (χ0n) is 11.3. The van der Waals surface area contributed by atoms with Crippen molar-refractivity contribution in [3.63, 3.8) is 0 Å². The number of piperidine rings is 1. The number of hydrogen-bond acceptors (Lipinski definition) is 2. The number of rotatable bonds is 5. The third kappa shape index (κ3) is 5.65. The first-order valence-electron chi connectivity index (χ1n) is 7.79. The molecule has 0 N–H and O–H groups in total. The molecule has 1 nitrogen and oxygen atoms in total. The van der Waals surface area contributed by atoms with Gasteiger partial charge in [0.15, 0.2) is 0 Å². The minimum Gasteiger partial charge on any atom is -0.303 e. The lowest BCUT2D eigenvalue weighted by Gasteiger charge is -2.26. The molecular formula is C15H29NS. The molecule has 1 aliphatic heterocycles. The van der Waals surface area contributed by atoms with Crippen molar-refractivity contribution in [2.45, 2.75) is 69.5 Å². The molecule has 1 aliphatic carbocycles. The van der Waals surface area contributed by atoms with E-state index in [4.69, 9.17) is 0 Å². The lowest BCUT2D eigenvalue weighted by atomic mass is 10.1. The third-order valence-electron chi connectivity index (χ3n) is 4.22. The fraction of sp³-hybridized carbons (Fsp3) is 1.00. The van der Waals surface area contributed by atoms with Crippen LogP contribution in [0.4, 0.5) is 0 Å². The summed E-state index contributed by atoms with van der Waals surface area (Å²) >= 11 is 2.27. The minimum absolute atomic E-state index is 0.999. The minimum atomic E-state index is 0.999. The van der Waals surface area contributed by atoms with Gasteiger partial charge in [0.1, 0.15) is 0 Å². The quantitative estimate of drug-likeness (QED) is 0.532. The van der Waals surface area contributed by atoms with Crippen LogP contribution in [0.25, 0.3) is 0 Å². The van der Waals surface area contributed by atoms with Crippen LogP contribution >= 0.6 is 11.8 Å². The maximum atomic E-state index is 2.68. The highest BCUT2D eigenvalue weighted by Crippen LogP contribution is 2.27. The van der Waals surface area contributed by atoms with Crippen LogP contribution in [0.2, 0.25) is 0 Å². The Labute approximate surface area is 112 Å². The second-order valence-electron chi connectivity index (χ2n) is 5.74. The average Bonchev–Trinajstić information content (AvgIpc) is 2.65. The molecule has 2 heteroatoms. The Morgan fingerprint density at radius 2 is 1.47 bits per heavy atom. The van der Waals surface area contributed by atoms with Gasteiger partial charge in [-0.2, -0.15) is 11.8 Å². The topological polar surface area (TPSA) is 3.24 Å². The maximum absolute atomic E-state index is 2.68. The molecule has 0 aromatic carbocycles. The largest absolute Gasteiger partial charge is 0.303 e. The molecule has 1 saturated carbocycles. The number of likely N-dealkylation sites (tertiary alicyclic amines) is 1. The molecule has 17 heavy (non-hydrogen) atoms. The van der Waals surface area contributed by atoms with Crippen molar-refractivity contribution in [3.05, 3.63) is 0 Å². The summed E-state index contributed by atoms with van der Waals surface area (Å²) in [6.45, 7) is 4.10. The summed E-state index contributed by atoms with van der Waals surface area (Å²) in [6.07, 6.45) is 14.7. The molecule has 1 heterocycles. The van der Waals surface area contributed by atoms with E-state index < -0.39 is 0 Å². The molecular weight excluding hydrogens is 226 g/mol. The van der Waals surface area contributed by atoms with E-state index in [0.29, 0.717) is 0 Å². The van der Waals surface area contributed by atoms with Crippen LogP contribution in [0.5, 0.6) is 0 Å². The van der Waals surface area contributed by atoms with Crippen LogP contribution in [-0.4, -0.2) is 35.5 Å². The summed E-state index contributed by atoms with van der Waals surface area (Å²) in [5.74, 6) is 1.40. The Balaban J connectivity index is 1.49. The smallest absolute Gasteiger partial charge is 0.00470 e. The highest BCUT2D eigenvalue weighted by atomic mass is 32.2. The molecule has 0 aromatic heterocycles. The van der Waals surface area contributed by atoms with Gasteiger partial charge in [0.25, 0.3) is 0 Å². The molecule has 2 rings (SSSR count). The predicted molar refractivity (Wildman–Crippen MR) is 78.9 cm³/mol. The first-order chi connectivity index (χ1) is 8.45. The number of thioether (sulfide) groups is 1. The Bertz CT molecular complexity index is 181. The lowest BCUT2D eigenvalue weighted by Crippen LogP contribution is -2.30. The Morgan fingerprint density at radius 1 is 0.824 bits per heavy atom. The van der Waals surface area contributed by atoms with Crippen LogP contribution in [0.1, 0.15) is 64.2 Å². The van der Waals surface area contributed by atoms with Gasteiger partial charge in [0.2, 0.25) is 0 Å². The standard InChI is InChI=1S/C15H29NS/c1-2-5-10-15(9-4-1)17-14-8-13-16-11-6-3-7-12-16/h15H,1-14H2. The van der Waals surface area contributed by atoms with Crippen LogP contribution in [0, 0.1) is 0 Å². The van der Waals surface area contributed by atoms with E-state index in [-0.39, 0.29) is 0 Å². The summed E-state index contributed by atoms with van der Waals surface area (Å²) in [7, 11) is 0. The normalized spacial score (nSPS) is 24.7. The number of hydrogen-bond donors (Lipinski definition) is 0.